The van der Waals surface area contributed by atoms with Gasteiger partial charge in [0.25, 0.3) is 0 Å². The molecular formula is C15H25NO2. The van der Waals surface area contributed by atoms with Crippen molar-refractivity contribution in [3.05, 3.63) is 23.2 Å². The molecule has 1 fully saturated rings. The lowest BCUT2D eigenvalue weighted by molar-refractivity contribution is -0.00299. The van der Waals surface area contributed by atoms with Gasteiger partial charge < -0.3 is 14.5 Å². The van der Waals surface area contributed by atoms with Gasteiger partial charge in [-0.1, -0.05) is 19.8 Å². The molecule has 1 aliphatic carbocycles. The van der Waals surface area contributed by atoms with Gasteiger partial charge in [0.05, 0.1) is 12.6 Å². The molecule has 0 saturated heterocycles. The summed E-state index contributed by atoms with van der Waals surface area (Å²) < 4.78 is 11.8. The first-order chi connectivity index (χ1) is 8.69. The lowest BCUT2D eigenvalue weighted by atomic mass is 9.89. The minimum atomic E-state index is 0.423. The van der Waals surface area contributed by atoms with Gasteiger partial charge in [-0.3, -0.25) is 0 Å². The molecule has 0 bridgehead atoms. The lowest BCUT2D eigenvalue weighted by Gasteiger charge is -2.26. The zero-order chi connectivity index (χ0) is 13.0. The molecule has 0 spiro atoms. The molecule has 1 aromatic rings. The Kier molecular flexibility index (Phi) is 4.84. The van der Waals surface area contributed by atoms with E-state index in [4.69, 9.17) is 9.15 Å². The Morgan fingerprint density at radius 3 is 3.00 bits per heavy atom. The Hall–Kier alpha value is -0.800. The Morgan fingerprint density at radius 2 is 2.28 bits per heavy atom. The highest BCUT2D eigenvalue weighted by Crippen LogP contribution is 2.26. The van der Waals surface area contributed by atoms with Crippen LogP contribution in [0.15, 0.2) is 10.5 Å². The van der Waals surface area contributed by atoms with Crippen LogP contribution in [-0.4, -0.2) is 13.2 Å². The average molecular weight is 251 g/mol. The Balaban J connectivity index is 1.84. The van der Waals surface area contributed by atoms with E-state index in [0.29, 0.717) is 12.7 Å². The number of aryl methyl sites for hydroxylation is 1. The molecule has 102 valence electrons. The van der Waals surface area contributed by atoms with Gasteiger partial charge >= 0.3 is 0 Å². The maximum Gasteiger partial charge on any atom is 0.130 e. The number of rotatable bonds is 5. The summed E-state index contributed by atoms with van der Waals surface area (Å²) in [5, 5.41) is 3.11. The molecule has 3 nitrogen and oxygen atoms in total. The fourth-order valence-electron chi connectivity index (χ4n) is 2.73. The van der Waals surface area contributed by atoms with Gasteiger partial charge in [-0.2, -0.15) is 0 Å². The SMILES string of the molecule is CNCc1oc(COC2CCCC(C)C2)cc1C. The Bertz CT molecular complexity index is 373. The molecule has 1 heterocycles. The molecule has 2 rings (SSSR count). The quantitative estimate of drug-likeness (QED) is 0.871. The predicted octanol–water partition coefficient (Wildman–Crippen LogP) is 3.40. The van der Waals surface area contributed by atoms with Gasteiger partial charge in [0, 0.05) is 0 Å². The summed E-state index contributed by atoms with van der Waals surface area (Å²) >= 11 is 0. The van der Waals surface area contributed by atoms with Crippen LogP contribution in [0.25, 0.3) is 0 Å². The standard InChI is InChI=1S/C15H25NO2/c1-11-5-4-6-13(7-11)17-10-14-8-12(2)15(18-14)9-16-3/h8,11,13,16H,4-7,9-10H2,1-3H3. The first-order valence-corrected chi connectivity index (χ1v) is 7.03. The minimum absolute atomic E-state index is 0.423. The third kappa shape index (κ3) is 3.59. The zero-order valence-electron chi connectivity index (χ0n) is 11.8. The van der Waals surface area contributed by atoms with E-state index in [9.17, 15) is 0 Å². The van der Waals surface area contributed by atoms with E-state index in [0.717, 1.165) is 24.0 Å². The molecule has 0 amide bonds. The second-order valence-corrected chi connectivity index (χ2v) is 5.55. The van der Waals surface area contributed by atoms with Gasteiger partial charge in [-0.25, -0.2) is 0 Å². The van der Waals surface area contributed by atoms with Crippen molar-refractivity contribution in [2.24, 2.45) is 5.92 Å². The molecular weight excluding hydrogens is 226 g/mol. The van der Waals surface area contributed by atoms with E-state index in [2.05, 4.69) is 25.2 Å². The molecule has 3 heteroatoms. The maximum absolute atomic E-state index is 5.97. The zero-order valence-corrected chi connectivity index (χ0v) is 11.8. The molecule has 1 saturated carbocycles. The van der Waals surface area contributed by atoms with Crippen LogP contribution >= 0.6 is 0 Å². The second-order valence-electron chi connectivity index (χ2n) is 5.55. The van der Waals surface area contributed by atoms with Crippen molar-refractivity contribution in [2.75, 3.05) is 7.05 Å². The monoisotopic (exact) mass is 251 g/mol. The maximum atomic E-state index is 5.97. The fourth-order valence-corrected chi connectivity index (χ4v) is 2.73. The molecule has 1 aliphatic rings. The summed E-state index contributed by atoms with van der Waals surface area (Å²) in [6.07, 6.45) is 5.48. The summed E-state index contributed by atoms with van der Waals surface area (Å²) in [4.78, 5) is 0. The Labute approximate surface area is 110 Å². The highest BCUT2D eigenvalue weighted by atomic mass is 16.5. The van der Waals surface area contributed by atoms with Crippen molar-refractivity contribution in [3.63, 3.8) is 0 Å². The Morgan fingerprint density at radius 1 is 1.44 bits per heavy atom. The molecule has 2 atom stereocenters. The van der Waals surface area contributed by atoms with Crippen LogP contribution in [0, 0.1) is 12.8 Å². The van der Waals surface area contributed by atoms with E-state index in [1.165, 1.54) is 31.2 Å². The van der Waals surface area contributed by atoms with Crippen molar-refractivity contribution >= 4 is 0 Å². The van der Waals surface area contributed by atoms with Crippen LogP contribution in [-0.2, 0) is 17.9 Å². The van der Waals surface area contributed by atoms with E-state index in [1.54, 1.807) is 0 Å². The van der Waals surface area contributed by atoms with Gasteiger partial charge in [-0.05, 0) is 44.4 Å². The number of ether oxygens (including phenoxy) is 1. The van der Waals surface area contributed by atoms with Gasteiger partial charge in [0.2, 0.25) is 0 Å². The summed E-state index contributed by atoms with van der Waals surface area (Å²) in [7, 11) is 1.93. The topological polar surface area (TPSA) is 34.4 Å². The average Bonchev–Trinajstić information content (AvgIpc) is 2.69. The van der Waals surface area contributed by atoms with Crippen LogP contribution < -0.4 is 5.32 Å². The van der Waals surface area contributed by atoms with E-state index < -0.39 is 0 Å². The van der Waals surface area contributed by atoms with Gasteiger partial charge in [0.1, 0.15) is 18.1 Å². The van der Waals surface area contributed by atoms with Crippen LogP contribution in [0.2, 0.25) is 0 Å². The second kappa shape index (κ2) is 6.39. The lowest BCUT2D eigenvalue weighted by Crippen LogP contribution is -2.21. The van der Waals surface area contributed by atoms with Crippen molar-refractivity contribution < 1.29 is 9.15 Å². The molecule has 0 radical (unpaired) electrons. The van der Waals surface area contributed by atoms with Crippen LogP contribution in [0.3, 0.4) is 0 Å². The third-order valence-electron chi connectivity index (χ3n) is 3.76. The van der Waals surface area contributed by atoms with Crippen LogP contribution in [0.1, 0.15) is 49.7 Å². The molecule has 1 aromatic heterocycles. The van der Waals surface area contributed by atoms with Crippen molar-refractivity contribution in [2.45, 2.75) is 58.8 Å². The van der Waals surface area contributed by atoms with Crippen molar-refractivity contribution in [1.82, 2.24) is 5.32 Å². The van der Waals surface area contributed by atoms with Crippen LogP contribution in [0.4, 0.5) is 0 Å². The van der Waals surface area contributed by atoms with Gasteiger partial charge in [0.15, 0.2) is 0 Å². The molecule has 0 aliphatic heterocycles. The summed E-state index contributed by atoms with van der Waals surface area (Å²) in [6, 6.07) is 2.10. The molecule has 1 N–H and O–H groups in total. The van der Waals surface area contributed by atoms with E-state index in [-0.39, 0.29) is 0 Å². The van der Waals surface area contributed by atoms with Crippen molar-refractivity contribution in [1.29, 1.82) is 0 Å². The number of furan rings is 1. The normalized spacial score (nSPS) is 24.4. The summed E-state index contributed by atoms with van der Waals surface area (Å²) in [5.74, 6) is 2.78. The third-order valence-corrected chi connectivity index (χ3v) is 3.76. The molecule has 18 heavy (non-hydrogen) atoms. The van der Waals surface area contributed by atoms with E-state index >= 15 is 0 Å². The highest BCUT2D eigenvalue weighted by Gasteiger charge is 2.19. The first-order valence-electron chi connectivity index (χ1n) is 7.03. The minimum Gasteiger partial charge on any atom is -0.462 e. The first kappa shape index (κ1) is 13.6. The van der Waals surface area contributed by atoms with Crippen molar-refractivity contribution in [3.8, 4) is 0 Å². The number of hydrogen-bond donors (Lipinski definition) is 1. The van der Waals surface area contributed by atoms with Gasteiger partial charge in [-0.15, -0.1) is 0 Å². The number of nitrogens with one attached hydrogen (secondary N) is 1. The summed E-state index contributed by atoms with van der Waals surface area (Å²) in [5.41, 5.74) is 1.21. The fraction of sp³-hybridized carbons (Fsp3) is 0.733. The smallest absolute Gasteiger partial charge is 0.130 e. The predicted molar refractivity (Wildman–Crippen MR) is 72.4 cm³/mol. The van der Waals surface area contributed by atoms with E-state index in [1.807, 2.05) is 7.05 Å². The van der Waals surface area contributed by atoms with Crippen LogP contribution in [0.5, 0.6) is 0 Å². The largest absolute Gasteiger partial charge is 0.462 e. The molecule has 0 aromatic carbocycles. The molecule has 2 unspecified atom stereocenters. The number of hydrogen-bond acceptors (Lipinski definition) is 3. The highest BCUT2D eigenvalue weighted by molar-refractivity contribution is 5.19. The summed E-state index contributed by atoms with van der Waals surface area (Å²) in [6.45, 7) is 5.80.